The Morgan fingerprint density at radius 3 is 2.70 bits per heavy atom. The molecule has 3 nitrogen and oxygen atoms in total. The first-order chi connectivity index (χ1) is 9.33. The van der Waals surface area contributed by atoms with Crippen LogP contribution >= 0.6 is 0 Å². The molecule has 1 saturated heterocycles. The van der Waals surface area contributed by atoms with Gasteiger partial charge in [0.05, 0.1) is 5.60 Å². The second-order valence-corrected chi connectivity index (χ2v) is 7.53. The zero-order valence-corrected chi connectivity index (χ0v) is 13.3. The van der Waals surface area contributed by atoms with Crippen LogP contribution in [0.4, 0.5) is 0 Å². The van der Waals surface area contributed by atoms with Gasteiger partial charge in [0.15, 0.2) is 0 Å². The zero-order valence-electron chi connectivity index (χ0n) is 13.3. The number of aromatic nitrogens is 1. The van der Waals surface area contributed by atoms with Gasteiger partial charge in [0.2, 0.25) is 0 Å². The van der Waals surface area contributed by atoms with Crippen LogP contribution in [0.1, 0.15) is 46.1 Å². The van der Waals surface area contributed by atoms with Gasteiger partial charge in [-0.05, 0) is 49.7 Å². The van der Waals surface area contributed by atoms with Crippen LogP contribution < -0.4 is 0 Å². The van der Waals surface area contributed by atoms with Crippen molar-refractivity contribution in [1.29, 1.82) is 0 Å². The monoisotopic (exact) mass is 274 g/mol. The molecule has 0 radical (unpaired) electrons. The van der Waals surface area contributed by atoms with E-state index in [1.807, 2.05) is 12.4 Å². The molecule has 110 valence electrons. The van der Waals surface area contributed by atoms with Crippen LogP contribution in [0, 0.1) is 11.8 Å². The minimum atomic E-state index is -0.0719. The number of nitrogens with zero attached hydrogens (tertiary/aromatic N) is 2. The van der Waals surface area contributed by atoms with Crippen molar-refractivity contribution in [3.05, 3.63) is 30.1 Å². The Morgan fingerprint density at radius 1 is 1.30 bits per heavy atom. The molecule has 2 aliphatic rings. The Kier molecular flexibility index (Phi) is 3.18. The Labute approximate surface area is 122 Å². The minimum Gasteiger partial charge on any atom is -0.293 e. The predicted octanol–water partition coefficient (Wildman–Crippen LogP) is 3.41. The highest BCUT2D eigenvalue weighted by atomic mass is 16.7. The van der Waals surface area contributed by atoms with E-state index in [9.17, 15) is 0 Å². The topological polar surface area (TPSA) is 25.4 Å². The van der Waals surface area contributed by atoms with Gasteiger partial charge in [-0.1, -0.05) is 19.9 Å². The van der Waals surface area contributed by atoms with E-state index in [1.165, 1.54) is 18.4 Å². The molecular weight excluding hydrogens is 248 g/mol. The fraction of sp³-hybridized carbons (Fsp3) is 0.706. The van der Waals surface area contributed by atoms with Gasteiger partial charge in [-0.15, -0.1) is 0 Å². The summed E-state index contributed by atoms with van der Waals surface area (Å²) in [6.07, 6.45) is 6.27. The standard InChI is InChI=1S/C17H26N2O/c1-12-9-17(4,13-7-6-8-18-11-13)10-14-15(12)19(5)20-16(14,2)3/h6-8,11-12,14-15H,9-10H2,1-5H3. The molecule has 0 N–H and O–H groups in total. The summed E-state index contributed by atoms with van der Waals surface area (Å²) in [5.74, 6) is 1.20. The van der Waals surface area contributed by atoms with E-state index >= 15 is 0 Å². The van der Waals surface area contributed by atoms with Crippen molar-refractivity contribution in [2.24, 2.45) is 11.8 Å². The molecular formula is C17H26N2O. The molecule has 0 bridgehead atoms. The van der Waals surface area contributed by atoms with Crippen LogP contribution in [-0.2, 0) is 10.3 Å². The predicted molar refractivity (Wildman–Crippen MR) is 80.2 cm³/mol. The zero-order chi connectivity index (χ0) is 14.5. The number of hydroxylamine groups is 2. The Hall–Kier alpha value is -0.930. The lowest BCUT2D eigenvalue weighted by Crippen LogP contribution is -2.48. The molecule has 1 aliphatic heterocycles. The molecule has 0 amide bonds. The lowest BCUT2D eigenvalue weighted by atomic mass is 9.59. The highest BCUT2D eigenvalue weighted by Gasteiger charge is 2.55. The third-order valence-electron chi connectivity index (χ3n) is 5.49. The van der Waals surface area contributed by atoms with E-state index in [-0.39, 0.29) is 11.0 Å². The average Bonchev–Trinajstić information content (AvgIpc) is 2.60. The molecule has 3 rings (SSSR count). The van der Waals surface area contributed by atoms with Crippen molar-refractivity contribution in [3.63, 3.8) is 0 Å². The first kappa shape index (κ1) is 14.0. The molecule has 1 aromatic heterocycles. The van der Waals surface area contributed by atoms with E-state index in [1.54, 1.807) is 0 Å². The van der Waals surface area contributed by atoms with Gasteiger partial charge in [0.1, 0.15) is 0 Å². The van der Waals surface area contributed by atoms with Gasteiger partial charge in [-0.2, -0.15) is 5.06 Å². The summed E-state index contributed by atoms with van der Waals surface area (Å²) < 4.78 is 0. The SMILES string of the molecule is CC1CC(C)(c2cccnc2)CC2C1N(C)OC2(C)C. The second-order valence-electron chi connectivity index (χ2n) is 7.53. The quantitative estimate of drug-likeness (QED) is 0.784. The smallest absolute Gasteiger partial charge is 0.0887 e. The minimum absolute atomic E-state index is 0.0719. The van der Waals surface area contributed by atoms with Crippen LogP contribution in [0.15, 0.2) is 24.5 Å². The second kappa shape index (κ2) is 4.54. The molecule has 3 heteroatoms. The molecule has 2 fully saturated rings. The van der Waals surface area contributed by atoms with Gasteiger partial charge in [0, 0.05) is 31.4 Å². The summed E-state index contributed by atoms with van der Waals surface area (Å²) in [7, 11) is 2.09. The van der Waals surface area contributed by atoms with Gasteiger partial charge in [-0.25, -0.2) is 0 Å². The van der Waals surface area contributed by atoms with E-state index < -0.39 is 0 Å². The first-order valence-electron chi connectivity index (χ1n) is 7.66. The van der Waals surface area contributed by atoms with Crippen molar-refractivity contribution in [2.75, 3.05) is 7.05 Å². The van der Waals surface area contributed by atoms with Crippen LogP contribution in [0.2, 0.25) is 0 Å². The Morgan fingerprint density at radius 2 is 2.05 bits per heavy atom. The van der Waals surface area contributed by atoms with Crippen molar-refractivity contribution in [2.45, 2.75) is 57.6 Å². The van der Waals surface area contributed by atoms with E-state index in [4.69, 9.17) is 4.84 Å². The highest BCUT2D eigenvalue weighted by Crippen LogP contribution is 2.52. The van der Waals surface area contributed by atoms with Gasteiger partial charge in [-0.3, -0.25) is 9.82 Å². The largest absolute Gasteiger partial charge is 0.293 e. The summed E-state index contributed by atoms with van der Waals surface area (Å²) in [6, 6.07) is 4.82. The normalized spacial score (nSPS) is 40.5. The fourth-order valence-corrected chi connectivity index (χ4v) is 4.64. The molecule has 1 aliphatic carbocycles. The molecule has 20 heavy (non-hydrogen) atoms. The fourth-order valence-electron chi connectivity index (χ4n) is 4.64. The van der Waals surface area contributed by atoms with Gasteiger partial charge in [0.25, 0.3) is 0 Å². The molecule has 1 aromatic rings. The highest BCUT2D eigenvalue weighted by molar-refractivity contribution is 5.24. The van der Waals surface area contributed by atoms with Gasteiger partial charge >= 0.3 is 0 Å². The van der Waals surface area contributed by atoms with Crippen LogP contribution in [0.5, 0.6) is 0 Å². The maximum absolute atomic E-state index is 6.11. The maximum atomic E-state index is 6.11. The lowest BCUT2D eigenvalue weighted by Gasteiger charge is -2.46. The van der Waals surface area contributed by atoms with Crippen LogP contribution in [-0.4, -0.2) is 28.7 Å². The Balaban J connectivity index is 1.95. The summed E-state index contributed by atoms with van der Waals surface area (Å²) in [5, 5.41) is 2.11. The molecule has 0 spiro atoms. The van der Waals surface area contributed by atoms with Crippen molar-refractivity contribution < 1.29 is 4.84 Å². The van der Waals surface area contributed by atoms with Crippen molar-refractivity contribution in [3.8, 4) is 0 Å². The van der Waals surface area contributed by atoms with Gasteiger partial charge < -0.3 is 0 Å². The van der Waals surface area contributed by atoms with E-state index in [2.05, 4.69) is 56.9 Å². The third-order valence-corrected chi connectivity index (χ3v) is 5.49. The number of fused-ring (bicyclic) bond motifs is 1. The number of hydrogen-bond donors (Lipinski definition) is 0. The molecule has 2 heterocycles. The molecule has 4 atom stereocenters. The molecule has 0 aromatic carbocycles. The molecule has 1 saturated carbocycles. The number of rotatable bonds is 1. The van der Waals surface area contributed by atoms with E-state index in [0.717, 1.165) is 0 Å². The lowest BCUT2D eigenvalue weighted by molar-refractivity contribution is -0.182. The summed E-state index contributed by atoms with van der Waals surface area (Å²) in [5.41, 5.74) is 1.51. The number of hydrogen-bond acceptors (Lipinski definition) is 3. The van der Waals surface area contributed by atoms with Crippen LogP contribution in [0.3, 0.4) is 0 Å². The molecule has 4 unspecified atom stereocenters. The summed E-state index contributed by atoms with van der Waals surface area (Å²) in [4.78, 5) is 10.4. The summed E-state index contributed by atoms with van der Waals surface area (Å²) in [6.45, 7) is 9.23. The average molecular weight is 274 g/mol. The third kappa shape index (κ3) is 2.08. The Bertz CT molecular complexity index is 487. The number of pyridine rings is 1. The first-order valence-corrected chi connectivity index (χ1v) is 7.66. The van der Waals surface area contributed by atoms with Crippen molar-refractivity contribution in [1.82, 2.24) is 10.0 Å². The van der Waals surface area contributed by atoms with Crippen molar-refractivity contribution >= 4 is 0 Å². The summed E-state index contributed by atoms with van der Waals surface area (Å²) >= 11 is 0. The maximum Gasteiger partial charge on any atom is 0.0887 e. The van der Waals surface area contributed by atoms with E-state index in [0.29, 0.717) is 17.9 Å². The van der Waals surface area contributed by atoms with Crippen LogP contribution in [0.25, 0.3) is 0 Å².